The molecule has 0 unspecified atom stereocenters. The highest BCUT2D eigenvalue weighted by Gasteiger charge is 2.72. The number of carbonyl (C=O) groups excluding carboxylic acids is 4. The van der Waals surface area contributed by atoms with Gasteiger partial charge in [0.05, 0.1) is 23.6 Å². The summed E-state index contributed by atoms with van der Waals surface area (Å²) in [5.74, 6) is -4.23. The molecule has 28 heavy (non-hydrogen) atoms. The Labute approximate surface area is 165 Å². The minimum atomic E-state index is -1.56. The number of hydrogen-bond acceptors (Lipinski definition) is 7. The monoisotopic (exact) mass is 405 g/mol. The van der Waals surface area contributed by atoms with Crippen LogP contribution in [0.25, 0.3) is 0 Å². The Morgan fingerprint density at radius 3 is 2.46 bits per heavy atom. The summed E-state index contributed by atoms with van der Waals surface area (Å²) in [6.45, 7) is 2.30. The molecule has 0 aliphatic carbocycles. The van der Waals surface area contributed by atoms with Crippen molar-refractivity contribution in [3.05, 3.63) is 41.4 Å². The zero-order valence-corrected chi connectivity index (χ0v) is 15.7. The largest absolute Gasteiger partial charge is 0.422 e. The lowest BCUT2D eigenvalue weighted by Crippen LogP contribution is -2.52. The molecule has 0 spiro atoms. The molecule has 0 N–H and O–H groups in total. The zero-order valence-electron chi connectivity index (χ0n) is 15.0. The molecule has 2 fully saturated rings. The minimum absolute atomic E-state index is 0.336. The van der Waals surface area contributed by atoms with E-state index in [1.165, 1.54) is 12.1 Å². The second-order valence-electron chi connectivity index (χ2n) is 6.84. The molecular formula is C19H16ClNO7. The molecule has 3 heterocycles. The Balaban J connectivity index is 1.75. The van der Waals surface area contributed by atoms with Crippen molar-refractivity contribution in [2.45, 2.75) is 31.8 Å². The van der Waals surface area contributed by atoms with E-state index in [-0.39, 0.29) is 0 Å². The standard InChI is InChI=1S/C19H16ClNO7/c1-9(22)26-18(27-10(2)23)19-7-6-13(28-19)14-15(19)17(25)21(16(14)24)12-5-3-4-11(20)8-12/h3-8,13-15,18H,1-2H3/t13-,14+,15-,19-/m1/s1. The summed E-state index contributed by atoms with van der Waals surface area (Å²) in [5, 5.41) is 0.375. The van der Waals surface area contributed by atoms with Gasteiger partial charge in [0.1, 0.15) is 0 Å². The first-order valence-electron chi connectivity index (χ1n) is 8.59. The lowest BCUT2D eigenvalue weighted by atomic mass is 9.76. The number of halogens is 1. The van der Waals surface area contributed by atoms with Crippen molar-refractivity contribution in [3.8, 4) is 0 Å². The SMILES string of the molecule is CC(=O)OC(OC(C)=O)[C@]12C=C[C@@H](O1)[C@@H]1C(=O)N(c3cccc(Cl)c3)C(=O)[C@@H]12. The molecule has 9 heteroatoms. The number of ether oxygens (including phenoxy) is 3. The Morgan fingerprint density at radius 1 is 1.18 bits per heavy atom. The summed E-state index contributed by atoms with van der Waals surface area (Å²) >= 11 is 6.00. The van der Waals surface area contributed by atoms with Gasteiger partial charge in [-0.15, -0.1) is 0 Å². The molecule has 2 amide bonds. The number of amides is 2. The first-order valence-corrected chi connectivity index (χ1v) is 8.97. The average Bonchev–Trinajstić information content (AvgIpc) is 3.25. The number of anilines is 1. The van der Waals surface area contributed by atoms with Gasteiger partial charge in [0.25, 0.3) is 6.29 Å². The number of benzene rings is 1. The molecule has 8 nitrogen and oxygen atoms in total. The molecule has 3 aliphatic heterocycles. The highest BCUT2D eigenvalue weighted by Crippen LogP contribution is 2.54. The first kappa shape index (κ1) is 18.6. The van der Waals surface area contributed by atoms with Crippen LogP contribution in [0.2, 0.25) is 5.02 Å². The molecule has 146 valence electrons. The fourth-order valence-corrected chi connectivity index (χ4v) is 4.27. The summed E-state index contributed by atoms with van der Waals surface area (Å²) in [6, 6.07) is 6.37. The molecule has 2 bridgehead atoms. The summed E-state index contributed by atoms with van der Waals surface area (Å²) < 4.78 is 16.2. The third kappa shape index (κ3) is 2.63. The normalized spacial score (nSPS) is 30.1. The van der Waals surface area contributed by atoms with Crippen molar-refractivity contribution in [1.82, 2.24) is 0 Å². The number of carbonyl (C=O) groups is 4. The highest BCUT2D eigenvalue weighted by molar-refractivity contribution is 6.31. The van der Waals surface area contributed by atoms with E-state index in [9.17, 15) is 19.2 Å². The molecular weight excluding hydrogens is 390 g/mol. The maximum atomic E-state index is 13.2. The van der Waals surface area contributed by atoms with E-state index in [0.29, 0.717) is 10.7 Å². The molecule has 0 aromatic heterocycles. The number of hydrogen-bond donors (Lipinski definition) is 0. The van der Waals surface area contributed by atoms with Crippen LogP contribution in [0, 0.1) is 11.8 Å². The van der Waals surface area contributed by atoms with Gasteiger partial charge in [-0.05, 0) is 24.3 Å². The van der Waals surface area contributed by atoms with Crippen LogP contribution in [0.5, 0.6) is 0 Å². The van der Waals surface area contributed by atoms with Crippen molar-refractivity contribution in [2.75, 3.05) is 4.90 Å². The number of rotatable bonds is 4. The van der Waals surface area contributed by atoms with Crippen LogP contribution < -0.4 is 4.90 Å². The van der Waals surface area contributed by atoms with Crippen molar-refractivity contribution in [1.29, 1.82) is 0 Å². The summed E-state index contributed by atoms with van der Waals surface area (Å²) in [4.78, 5) is 50.5. The van der Waals surface area contributed by atoms with Crippen molar-refractivity contribution < 1.29 is 33.4 Å². The van der Waals surface area contributed by atoms with E-state index in [1.807, 2.05) is 0 Å². The fourth-order valence-electron chi connectivity index (χ4n) is 4.09. The van der Waals surface area contributed by atoms with Crippen LogP contribution in [0.3, 0.4) is 0 Å². The van der Waals surface area contributed by atoms with E-state index >= 15 is 0 Å². The molecule has 4 rings (SSSR count). The number of imide groups is 1. The molecule has 1 aromatic rings. The Bertz CT molecular complexity index is 913. The van der Waals surface area contributed by atoms with Gasteiger partial charge in [0, 0.05) is 18.9 Å². The quantitative estimate of drug-likeness (QED) is 0.324. The van der Waals surface area contributed by atoms with E-state index in [2.05, 4.69) is 0 Å². The number of fused-ring (bicyclic) bond motifs is 5. The van der Waals surface area contributed by atoms with Crippen molar-refractivity contribution in [3.63, 3.8) is 0 Å². The topological polar surface area (TPSA) is 99.2 Å². The number of esters is 2. The molecule has 2 saturated heterocycles. The van der Waals surface area contributed by atoms with Gasteiger partial charge in [-0.3, -0.25) is 19.2 Å². The molecule has 3 aliphatic rings. The molecule has 4 atom stereocenters. The Kier molecular flexibility index (Phi) is 4.28. The summed E-state index contributed by atoms with van der Waals surface area (Å²) in [6.07, 6.45) is 0.963. The van der Waals surface area contributed by atoms with Gasteiger partial charge in [0.15, 0.2) is 5.60 Å². The van der Waals surface area contributed by atoms with Crippen molar-refractivity contribution in [2.24, 2.45) is 11.8 Å². The lowest BCUT2D eigenvalue weighted by Gasteiger charge is -2.34. The van der Waals surface area contributed by atoms with Crippen LogP contribution in [0.1, 0.15) is 13.8 Å². The van der Waals surface area contributed by atoms with Crippen LogP contribution in [-0.2, 0) is 33.4 Å². The molecule has 0 radical (unpaired) electrons. The molecule has 0 saturated carbocycles. The first-order chi connectivity index (χ1) is 13.2. The Hall–Kier alpha value is -2.71. The maximum absolute atomic E-state index is 13.2. The predicted octanol–water partition coefficient (Wildman–Crippen LogP) is 1.61. The lowest BCUT2D eigenvalue weighted by molar-refractivity contribution is -0.226. The van der Waals surface area contributed by atoms with Gasteiger partial charge in [-0.2, -0.15) is 0 Å². The fraction of sp³-hybridized carbons (Fsp3) is 0.368. The molecule has 1 aromatic carbocycles. The van der Waals surface area contributed by atoms with Crippen LogP contribution >= 0.6 is 11.6 Å². The van der Waals surface area contributed by atoms with Crippen LogP contribution in [-0.4, -0.2) is 41.7 Å². The highest BCUT2D eigenvalue weighted by atomic mass is 35.5. The van der Waals surface area contributed by atoms with Crippen LogP contribution in [0.4, 0.5) is 5.69 Å². The second-order valence-corrected chi connectivity index (χ2v) is 7.28. The second kappa shape index (κ2) is 6.42. The van der Waals surface area contributed by atoms with Gasteiger partial charge < -0.3 is 14.2 Å². The van der Waals surface area contributed by atoms with E-state index < -0.39 is 53.6 Å². The summed E-state index contributed by atoms with van der Waals surface area (Å²) in [7, 11) is 0. The third-order valence-electron chi connectivity index (χ3n) is 5.06. The maximum Gasteiger partial charge on any atom is 0.305 e. The van der Waals surface area contributed by atoms with Gasteiger partial charge in [-0.25, -0.2) is 4.90 Å². The zero-order chi connectivity index (χ0) is 20.2. The smallest absolute Gasteiger partial charge is 0.305 e. The predicted molar refractivity (Wildman–Crippen MR) is 95.0 cm³/mol. The number of nitrogens with zero attached hydrogens (tertiary/aromatic N) is 1. The Morgan fingerprint density at radius 2 is 1.86 bits per heavy atom. The van der Waals surface area contributed by atoms with Crippen LogP contribution in [0.15, 0.2) is 36.4 Å². The third-order valence-corrected chi connectivity index (χ3v) is 5.29. The summed E-state index contributed by atoms with van der Waals surface area (Å²) in [5.41, 5.74) is -1.23. The van der Waals surface area contributed by atoms with Gasteiger partial charge >= 0.3 is 11.9 Å². The van der Waals surface area contributed by atoms with E-state index in [0.717, 1.165) is 18.7 Å². The average molecular weight is 406 g/mol. The van der Waals surface area contributed by atoms with Gasteiger partial charge in [0.2, 0.25) is 11.8 Å². The van der Waals surface area contributed by atoms with Gasteiger partial charge in [-0.1, -0.05) is 23.7 Å². The van der Waals surface area contributed by atoms with E-state index in [4.69, 9.17) is 25.8 Å². The van der Waals surface area contributed by atoms with E-state index in [1.54, 1.807) is 24.3 Å². The minimum Gasteiger partial charge on any atom is -0.422 e. The van der Waals surface area contributed by atoms with Crippen molar-refractivity contribution >= 4 is 41.0 Å².